The lowest BCUT2D eigenvalue weighted by Gasteiger charge is -2.09. The molecule has 1 aromatic heterocycles. The number of nitrogens with zero attached hydrogens (tertiary/aromatic N) is 3. The van der Waals surface area contributed by atoms with E-state index in [1.54, 1.807) is 30.3 Å². The van der Waals surface area contributed by atoms with Crippen LogP contribution in [-0.2, 0) is 0 Å². The molecule has 0 spiro atoms. The molecule has 0 saturated heterocycles. The molecule has 0 saturated carbocycles. The van der Waals surface area contributed by atoms with Crippen molar-refractivity contribution < 1.29 is 0 Å². The molecule has 0 aliphatic rings. The lowest BCUT2D eigenvalue weighted by Crippen LogP contribution is -2.02. The first-order valence-electron chi connectivity index (χ1n) is 4.95. The maximum atomic E-state index is 9.25. The third-order valence-electron chi connectivity index (χ3n) is 2.30. The zero-order chi connectivity index (χ0) is 13.1. The maximum Gasteiger partial charge on any atom is 0.151 e. The Bertz CT molecular complexity index is 585. The fourth-order valence-electron chi connectivity index (χ4n) is 1.53. The van der Waals surface area contributed by atoms with Crippen LogP contribution in [0.1, 0.15) is 17.2 Å². The average Bonchev–Trinajstić information content (AvgIpc) is 2.31. The second-order valence-corrected chi connectivity index (χ2v) is 4.81. The summed E-state index contributed by atoms with van der Waals surface area (Å²) in [6, 6.07) is 10.3. The summed E-state index contributed by atoms with van der Waals surface area (Å²) in [7, 11) is 0. The summed E-state index contributed by atoms with van der Waals surface area (Å²) in [5, 5.41) is 18.1. The minimum absolute atomic E-state index is 0.277. The summed E-state index contributed by atoms with van der Waals surface area (Å²) < 4.78 is 0. The summed E-state index contributed by atoms with van der Waals surface area (Å²) in [4.78, 5) is 0. The van der Waals surface area contributed by atoms with E-state index in [-0.39, 0.29) is 5.15 Å². The molecular formula is C12H6Cl3N3. The Morgan fingerprint density at radius 1 is 1.00 bits per heavy atom. The molecule has 0 amide bonds. The van der Waals surface area contributed by atoms with Crippen LogP contribution in [0.15, 0.2) is 30.3 Å². The van der Waals surface area contributed by atoms with Gasteiger partial charge in [0.25, 0.3) is 0 Å². The van der Waals surface area contributed by atoms with Gasteiger partial charge in [0, 0.05) is 10.0 Å². The molecule has 0 N–H and O–H groups in total. The molecule has 3 nitrogen and oxygen atoms in total. The number of aromatic nitrogens is 2. The smallest absolute Gasteiger partial charge is 0.151 e. The van der Waals surface area contributed by atoms with Gasteiger partial charge < -0.3 is 0 Å². The second-order valence-electron chi connectivity index (χ2n) is 3.55. The highest BCUT2D eigenvalue weighted by atomic mass is 35.5. The van der Waals surface area contributed by atoms with E-state index in [1.807, 2.05) is 0 Å². The van der Waals surface area contributed by atoms with E-state index >= 15 is 0 Å². The van der Waals surface area contributed by atoms with Gasteiger partial charge in [0.15, 0.2) is 5.15 Å². The SMILES string of the molecule is N#CC(c1cc(Cl)cc(Cl)c1)c1ccc(Cl)nn1. The maximum absolute atomic E-state index is 9.25. The van der Waals surface area contributed by atoms with Gasteiger partial charge in [0.05, 0.1) is 11.8 Å². The van der Waals surface area contributed by atoms with Crippen LogP contribution < -0.4 is 0 Å². The predicted molar refractivity (Wildman–Crippen MR) is 71.0 cm³/mol. The Morgan fingerprint density at radius 3 is 2.17 bits per heavy atom. The molecule has 1 unspecified atom stereocenters. The van der Waals surface area contributed by atoms with Gasteiger partial charge in [-0.15, -0.1) is 5.10 Å². The van der Waals surface area contributed by atoms with Crippen molar-refractivity contribution in [2.75, 3.05) is 0 Å². The molecular weight excluding hydrogens is 293 g/mol. The lowest BCUT2D eigenvalue weighted by atomic mass is 9.97. The molecule has 1 atom stereocenters. The van der Waals surface area contributed by atoms with Crippen LogP contribution in [0.4, 0.5) is 0 Å². The van der Waals surface area contributed by atoms with Crippen molar-refractivity contribution in [3.63, 3.8) is 0 Å². The van der Waals surface area contributed by atoms with Crippen LogP contribution >= 0.6 is 34.8 Å². The van der Waals surface area contributed by atoms with Gasteiger partial charge >= 0.3 is 0 Å². The molecule has 2 rings (SSSR count). The molecule has 0 bridgehead atoms. The zero-order valence-corrected chi connectivity index (χ0v) is 11.2. The van der Waals surface area contributed by atoms with Crippen molar-refractivity contribution >= 4 is 34.8 Å². The van der Waals surface area contributed by atoms with Crippen molar-refractivity contribution in [1.82, 2.24) is 10.2 Å². The standard InChI is InChI=1S/C12H6Cl3N3/c13-8-3-7(4-9(14)5-8)10(6-16)11-1-2-12(15)18-17-11/h1-5,10H. The number of rotatable bonds is 2. The number of benzene rings is 1. The number of hydrogen-bond acceptors (Lipinski definition) is 3. The molecule has 1 aromatic carbocycles. The normalized spacial score (nSPS) is 11.9. The van der Waals surface area contributed by atoms with Gasteiger partial charge in [-0.05, 0) is 35.9 Å². The van der Waals surface area contributed by atoms with Crippen LogP contribution in [0.2, 0.25) is 15.2 Å². The molecule has 0 aliphatic heterocycles. The molecule has 1 heterocycles. The quantitative estimate of drug-likeness (QED) is 0.839. The van der Waals surface area contributed by atoms with Gasteiger partial charge in [0.1, 0.15) is 5.92 Å². The topological polar surface area (TPSA) is 49.6 Å². The fourth-order valence-corrected chi connectivity index (χ4v) is 2.18. The minimum Gasteiger partial charge on any atom is -0.197 e. The number of nitriles is 1. The van der Waals surface area contributed by atoms with Crippen LogP contribution in [0.5, 0.6) is 0 Å². The van der Waals surface area contributed by atoms with Crippen LogP contribution in [0.25, 0.3) is 0 Å². The van der Waals surface area contributed by atoms with E-state index in [9.17, 15) is 5.26 Å². The van der Waals surface area contributed by atoms with Gasteiger partial charge in [-0.1, -0.05) is 34.8 Å². The third-order valence-corrected chi connectivity index (χ3v) is 2.93. The molecule has 2 aromatic rings. The van der Waals surface area contributed by atoms with E-state index in [2.05, 4.69) is 16.3 Å². The van der Waals surface area contributed by atoms with Gasteiger partial charge in [0.2, 0.25) is 0 Å². The molecule has 6 heteroatoms. The fraction of sp³-hybridized carbons (Fsp3) is 0.0833. The van der Waals surface area contributed by atoms with E-state index in [0.29, 0.717) is 21.3 Å². The highest BCUT2D eigenvalue weighted by molar-refractivity contribution is 6.34. The van der Waals surface area contributed by atoms with E-state index in [1.165, 1.54) is 0 Å². The number of halogens is 3. The van der Waals surface area contributed by atoms with Crippen LogP contribution in [0, 0.1) is 11.3 Å². The number of hydrogen-bond donors (Lipinski definition) is 0. The summed E-state index contributed by atoms with van der Waals surface area (Å²) in [5.41, 5.74) is 1.17. The Morgan fingerprint density at radius 2 is 1.67 bits per heavy atom. The Hall–Kier alpha value is -1.34. The van der Waals surface area contributed by atoms with Crippen molar-refractivity contribution in [2.45, 2.75) is 5.92 Å². The summed E-state index contributed by atoms with van der Waals surface area (Å²) in [5.74, 6) is -0.578. The Kier molecular flexibility index (Phi) is 4.03. The molecule has 0 aliphatic carbocycles. The second kappa shape index (κ2) is 5.53. The largest absolute Gasteiger partial charge is 0.197 e. The average molecular weight is 299 g/mol. The predicted octanol–water partition coefficient (Wildman–Crippen LogP) is 4.09. The van der Waals surface area contributed by atoms with E-state index < -0.39 is 5.92 Å². The first-order chi connectivity index (χ1) is 8.60. The highest BCUT2D eigenvalue weighted by Gasteiger charge is 2.16. The van der Waals surface area contributed by atoms with E-state index in [4.69, 9.17) is 34.8 Å². The third kappa shape index (κ3) is 2.91. The minimum atomic E-state index is -0.578. The summed E-state index contributed by atoms with van der Waals surface area (Å²) in [6.45, 7) is 0. The highest BCUT2D eigenvalue weighted by Crippen LogP contribution is 2.28. The summed E-state index contributed by atoms with van der Waals surface area (Å²) >= 11 is 17.5. The summed E-state index contributed by atoms with van der Waals surface area (Å²) in [6.07, 6.45) is 0. The van der Waals surface area contributed by atoms with Crippen molar-refractivity contribution in [3.8, 4) is 6.07 Å². The van der Waals surface area contributed by atoms with Gasteiger partial charge in [-0.2, -0.15) is 10.4 Å². The monoisotopic (exact) mass is 297 g/mol. The van der Waals surface area contributed by atoms with E-state index in [0.717, 1.165) is 0 Å². The molecule has 18 heavy (non-hydrogen) atoms. The molecule has 0 radical (unpaired) electrons. The first-order valence-corrected chi connectivity index (χ1v) is 6.08. The lowest BCUT2D eigenvalue weighted by molar-refractivity contribution is 0.885. The first kappa shape index (κ1) is 13.1. The Balaban J connectivity index is 2.45. The molecule has 0 fully saturated rings. The van der Waals surface area contributed by atoms with Gasteiger partial charge in [-0.3, -0.25) is 0 Å². The molecule has 90 valence electrons. The van der Waals surface area contributed by atoms with Crippen LogP contribution in [-0.4, -0.2) is 10.2 Å². The Labute approximate surface area is 119 Å². The van der Waals surface area contributed by atoms with Crippen molar-refractivity contribution in [2.24, 2.45) is 0 Å². The van der Waals surface area contributed by atoms with Crippen molar-refractivity contribution in [3.05, 3.63) is 56.8 Å². The van der Waals surface area contributed by atoms with Crippen LogP contribution in [0.3, 0.4) is 0 Å². The zero-order valence-electron chi connectivity index (χ0n) is 8.94. The van der Waals surface area contributed by atoms with Crippen molar-refractivity contribution in [1.29, 1.82) is 5.26 Å². The van der Waals surface area contributed by atoms with Gasteiger partial charge in [-0.25, -0.2) is 0 Å².